The first kappa shape index (κ1) is 21.3. The lowest BCUT2D eigenvalue weighted by molar-refractivity contribution is 1.31. The summed E-state index contributed by atoms with van der Waals surface area (Å²) in [5.74, 6) is 0.849. The normalized spacial score (nSPS) is 11.2. The predicted octanol–water partition coefficient (Wildman–Crippen LogP) is 9.62. The minimum Gasteiger partial charge on any atom is -0.339 e. The van der Waals surface area contributed by atoms with Crippen molar-refractivity contribution in [1.82, 2.24) is 4.98 Å². The molecule has 0 fully saturated rings. The molecule has 0 bridgehead atoms. The van der Waals surface area contributed by atoms with E-state index in [4.69, 9.17) is 4.98 Å². The maximum absolute atomic E-state index is 4.77. The Bertz CT molecular complexity index is 1900. The molecule has 1 aromatic heterocycles. The van der Waals surface area contributed by atoms with Crippen molar-refractivity contribution in [3.63, 3.8) is 0 Å². The summed E-state index contributed by atoms with van der Waals surface area (Å²) < 4.78 is 0. The van der Waals surface area contributed by atoms with Gasteiger partial charge in [0.2, 0.25) is 0 Å². The summed E-state index contributed by atoms with van der Waals surface area (Å²) in [5.41, 5.74) is 5.73. The maximum Gasteiger partial charge on any atom is 0.138 e. The molecule has 0 spiro atoms. The summed E-state index contributed by atoms with van der Waals surface area (Å²) in [7, 11) is 0. The number of fused-ring (bicyclic) bond motifs is 3. The van der Waals surface area contributed by atoms with Gasteiger partial charge in [-0.1, -0.05) is 109 Å². The highest BCUT2D eigenvalue weighted by Gasteiger charge is 2.13. The van der Waals surface area contributed by atoms with Gasteiger partial charge in [0.1, 0.15) is 5.82 Å². The van der Waals surface area contributed by atoms with Gasteiger partial charge in [-0.15, -0.1) is 0 Å². The fourth-order valence-electron chi connectivity index (χ4n) is 5.32. The fraction of sp³-hybridized carbons (Fsp3) is 0. The van der Waals surface area contributed by atoms with Crippen LogP contribution in [0, 0.1) is 0 Å². The van der Waals surface area contributed by atoms with Gasteiger partial charge in [0.25, 0.3) is 0 Å². The van der Waals surface area contributed by atoms with Crippen LogP contribution in [0.5, 0.6) is 0 Å². The molecule has 7 rings (SSSR count). The van der Waals surface area contributed by atoms with Crippen molar-refractivity contribution >= 4 is 43.8 Å². The monoisotopic (exact) mass is 472 g/mol. The van der Waals surface area contributed by atoms with Crippen LogP contribution in [0.25, 0.3) is 54.6 Å². The van der Waals surface area contributed by atoms with Crippen LogP contribution in [0.4, 0.5) is 11.5 Å². The Morgan fingerprint density at radius 2 is 1.14 bits per heavy atom. The quantitative estimate of drug-likeness (QED) is 0.258. The summed E-state index contributed by atoms with van der Waals surface area (Å²) in [4.78, 5) is 4.77. The first-order valence-corrected chi connectivity index (χ1v) is 12.6. The first-order valence-electron chi connectivity index (χ1n) is 12.6. The SMILES string of the molecule is c1ccc(-c2cccnc2Nc2c3ccccc3cc3ccc(-c4cccc5ccccc45)cc23)cc1. The molecule has 1 N–H and O–H groups in total. The minimum absolute atomic E-state index is 0.849. The molecule has 0 aliphatic rings. The zero-order valence-corrected chi connectivity index (χ0v) is 20.2. The van der Waals surface area contributed by atoms with Crippen molar-refractivity contribution in [3.05, 3.63) is 140 Å². The van der Waals surface area contributed by atoms with Crippen LogP contribution in [-0.2, 0) is 0 Å². The van der Waals surface area contributed by atoms with Crippen LogP contribution in [0.3, 0.4) is 0 Å². The second kappa shape index (κ2) is 8.92. The molecule has 0 amide bonds. The molecular weight excluding hydrogens is 448 g/mol. The number of anilines is 2. The van der Waals surface area contributed by atoms with Crippen LogP contribution in [-0.4, -0.2) is 4.98 Å². The van der Waals surface area contributed by atoms with E-state index in [1.807, 2.05) is 18.3 Å². The van der Waals surface area contributed by atoms with Gasteiger partial charge in [0.05, 0.1) is 5.69 Å². The van der Waals surface area contributed by atoms with Crippen LogP contribution in [0.2, 0.25) is 0 Å². The molecule has 6 aromatic carbocycles. The number of nitrogens with one attached hydrogen (secondary N) is 1. The van der Waals surface area contributed by atoms with E-state index < -0.39 is 0 Å². The van der Waals surface area contributed by atoms with E-state index in [2.05, 4.69) is 127 Å². The van der Waals surface area contributed by atoms with Gasteiger partial charge in [-0.2, -0.15) is 0 Å². The second-order valence-corrected chi connectivity index (χ2v) is 9.33. The topological polar surface area (TPSA) is 24.9 Å². The third kappa shape index (κ3) is 3.80. The predicted molar refractivity (Wildman–Crippen MR) is 157 cm³/mol. The molecule has 0 unspecified atom stereocenters. The Kier molecular flexibility index (Phi) is 5.15. The first-order chi connectivity index (χ1) is 18.3. The number of hydrogen-bond acceptors (Lipinski definition) is 2. The third-order valence-electron chi connectivity index (χ3n) is 7.10. The lowest BCUT2D eigenvalue weighted by Crippen LogP contribution is -1.98. The molecule has 2 nitrogen and oxygen atoms in total. The van der Waals surface area contributed by atoms with Crippen molar-refractivity contribution in [1.29, 1.82) is 0 Å². The Hall–Kier alpha value is -4.95. The van der Waals surface area contributed by atoms with Gasteiger partial charge in [-0.05, 0) is 62.5 Å². The van der Waals surface area contributed by atoms with E-state index in [1.165, 1.54) is 43.4 Å². The Labute approximate surface area is 215 Å². The van der Waals surface area contributed by atoms with Gasteiger partial charge >= 0.3 is 0 Å². The summed E-state index contributed by atoms with van der Waals surface area (Å²) in [6.45, 7) is 0. The highest BCUT2D eigenvalue weighted by Crippen LogP contribution is 2.39. The number of aromatic nitrogens is 1. The average Bonchev–Trinajstić information content (AvgIpc) is 2.97. The summed E-state index contributed by atoms with van der Waals surface area (Å²) in [6.07, 6.45) is 1.85. The number of benzene rings is 6. The van der Waals surface area contributed by atoms with E-state index >= 15 is 0 Å². The van der Waals surface area contributed by atoms with E-state index in [1.54, 1.807) is 0 Å². The maximum atomic E-state index is 4.77. The highest BCUT2D eigenvalue weighted by molar-refractivity contribution is 6.13. The molecule has 1 heterocycles. The molecule has 37 heavy (non-hydrogen) atoms. The van der Waals surface area contributed by atoms with Crippen LogP contribution < -0.4 is 5.32 Å². The Morgan fingerprint density at radius 1 is 0.432 bits per heavy atom. The van der Waals surface area contributed by atoms with Crippen molar-refractivity contribution in [2.45, 2.75) is 0 Å². The Balaban J connectivity index is 1.47. The van der Waals surface area contributed by atoms with E-state index in [9.17, 15) is 0 Å². The number of rotatable bonds is 4. The summed E-state index contributed by atoms with van der Waals surface area (Å²) >= 11 is 0. The van der Waals surface area contributed by atoms with Crippen LogP contribution in [0.1, 0.15) is 0 Å². The van der Waals surface area contributed by atoms with Crippen LogP contribution >= 0.6 is 0 Å². The molecule has 0 radical (unpaired) electrons. The summed E-state index contributed by atoms with van der Waals surface area (Å²) in [6, 6.07) is 47.3. The molecule has 174 valence electrons. The molecule has 0 aliphatic heterocycles. The molecule has 7 aromatic rings. The van der Waals surface area contributed by atoms with Gasteiger partial charge in [-0.25, -0.2) is 4.98 Å². The number of nitrogens with zero attached hydrogens (tertiary/aromatic N) is 1. The third-order valence-corrected chi connectivity index (χ3v) is 7.10. The van der Waals surface area contributed by atoms with Crippen LogP contribution in [0.15, 0.2) is 140 Å². The largest absolute Gasteiger partial charge is 0.339 e. The molecule has 0 saturated heterocycles. The Morgan fingerprint density at radius 3 is 2.03 bits per heavy atom. The molecular formula is C35H24N2. The highest BCUT2D eigenvalue weighted by atomic mass is 15.0. The summed E-state index contributed by atoms with van der Waals surface area (Å²) in [5, 5.41) is 11.0. The average molecular weight is 473 g/mol. The fourth-order valence-corrected chi connectivity index (χ4v) is 5.32. The van der Waals surface area contributed by atoms with Gasteiger partial charge < -0.3 is 5.32 Å². The molecule has 0 aliphatic carbocycles. The zero-order valence-electron chi connectivity index (χ0n) is 20.2. The van der Waals surface area contributed by atoms with E-state index in [0.717, 1.165) is 22.6 Å². The lowest BCUT2D eigenvalue weighted by Gasteiger charge is -2.17. The minimum atomic E-state index is 0.849. The lowest BCUT2D eigenvalue weighted by atomic mass is 9.94. The van der Waals surface area contributed by atoms with Crippen molar-refractivity contribution in [2.24, 2.45) is 0 Å². The molecule has 0 saturated carbocycles. The van der Waals surface area contributed by atoms with Gasteiger partial charge in [-0.3, -0.25) is 0 Å². The molecule has 2 heteroatoms. The molecule has 0 atom stereocenters. The van der Waals surface area contributed by atoms with E-state index in [-0.39, 0.29) is 0 Å². The van der Waals surface area contributed by atoms with Crippen molar-refractivity contribution < 1.29 is 0 Å². The number of hydrogen-bond donors (Lipinski definition) is 1. The van der Waals surface area contributed by atoms with Gasteiger partial charge in [0, 0.05) is 22.5 Å². The zero-order chi connectivity index (χ0) is 24.6. The standard InChI is InChI=1S/C35H24N2/c1-2-10-25(11-3-1)32-18-9-21-36-35(32)37-34-31-16-7-5-13-26(31)22-27-19-20-28(23-33(27)34)30-17-8-14-24-12-4-6-15-29(24)30/h1-23H,(H,36,37). The van der Waals surface area contributed by atoms with Crippen molar-refractivity contribution in [2.75, 3.05) is 5.32 Å². The van der Waals surface area contributed by atoms with Crippen molar-refractivity contribution in [3.8, 4) is 22.3 Å². The smallest absolute Gasteiger partial charge is 0.138 e. The van der Waals surface area contributed by atoms with Gasteiger partial charge in [0.15, 0.2) is 0 Å². The number of pyridine rings is 1. The second-order valence-electron chi connectivity index (χ2n) is 9.33. The van der Waals surface area contributed by atoms with E-state index in [0.29, 0.717) is 0 Å².